The highest BCUT2D eigenvalue weighted by atomic mass is 32.1. The number of fused-ring (bicyclic) bond motifs is 5. The third-order valence-corrected chi connectivity index (χ3v) is 6.01. The maximum atomic E-state index is 12.9. The lowest BCUT2D eigenvalue weighted by Gasteiger charge is -2.24. The van der Waals surface area contributed by atoms with Gasteiger partial charge in [-0.25, -0.2) is 0 Å². The van der Waals surface area contributed by atoms with E-state index in [-0.39, 0.29) is 40.5 Å². The Morgan fingerprint density at radius 3 is 2.48 bits per heavy atom. The molecule has 3 nitrogen and oxygen atoms in total. The number of imide groups is 1. The van der Waals surface area contributed by atoms with Gasteiger partial charge in [0.1, 0.15) is 0 Å². The quantitative estimate of drug-likeness (QED) is 0.629. The van der Waals surface area contributed by atoms with Crippen molar-refractivity contribution < 1.29 is 22.8 Å². The number of hydrogen-bond acceptors (Lipinski definition) is 3. The summed E-state index contributed by atoms with van der Waals surface area (Å²) in [6, 6.07) is 4.41. The van der Waals surface area contributed by atoms with E-state index in [2.05, 4.69) is 12.6 Å². The van der Waals surface area contributed by atoms with Crippen molar-refractivity contribution in [1.29, 1.82) is 0 Å². The fourth-order valence-electron chi connectivity index (χ4n) is 4.50. The van der Waals surface area contributed by atoms with Crippen LogP contribution in [-0.2, 0) is 15.8 Å². The van der Waals surface area contributed by atoms with Gasteiger partial charge in [0.25, 0.3) is 0 Å². The first-order valence-corrected chi connectivity index (χ1v) is 8.04. The Hall–Kier alpha value is -1.50. The number of rotatable bonds is 1. The molecule has 5 atom stereocenters. The summed E-state index contributed by atoms with van der Waals surface area (Å²) < 4.78 is 38.6. The largest absolute Gasteiger partial charge is 0.416 e. The summed E-state index contributed by atoms with van der Waals surface area (Å²) in [6.07, 6.45) is -2.89. The number of thiol groups is 1. The summed E-state index contributed by atoms with van der Waals surface area (Å²) in [5.74, 6) is -1.35. The van der Waals surface area contributed by atoms with Crippen molar-refractivity contribution in [3.63, 3.8) is 0 Å². The smallest absolute Gasteiger partial charge is 0.274 e. The molecule has 0 aromatic heterocycles. The molecule has 1 heterocycles. The van der Waals surface area contributed by atoms with E-state index in [1.54, 1.807) is 0 Å². The maximum Gasteiger partial charge on any atom is 0.416 e. The summed E-state index contributed by atoms with van der Waals surface area (Å²) in [5.41, 5.74) is -0.845. The first-order valence-electron chi connectivity index (χ1n) is 7.52. The molecule has 2 aliphatic carbocycles. The van der Waals surface area contributed by atoms with Crippen molar-refractivity contribution >= 4 is 30.1 Å². The van der Waals surface area contributed by atoms with Crippen LogP contribution in [0.25, 0.3) is 0 Å². The molecule has 23 heavy (non-hydrogen) atoms. The summed E-state index contributed by atoms with van der Waals surface area (Å²) >= 11 is 4.49. The van der Waals surface area contributed by atoms with Gasteiger partial charge in [-0.05, 0) is 42.9 Å². The number of hydrogen-bond donors (Lipinski definition) is 1. The van der Waals surface area contributed by atoms with E-state index in [9.17, 15) is 22.8 Å². The van der Waals surface area contributed by atoms with E-state index in [0.29, 0.717) is 0 Å². The molecule has 2 saturated carbocycles. The van der Waals surface area contributed by atoms with Gasteiger partial charge in [0.2, 0.25) is 11.8 Å². The van der Waals surface area contributed by atoms with Crippen LogP contribution in [0.1, 0.15) is 18.4 Å². The molecule has 1 aromatic rings. The zero-order chi connectivity index (χ0) is 16.5. The predicted molar refractivity (Wildman–Crippen MR) is 79.9 cm³/mol. The minimum absolute atomic E-state index is 0.0133. The highest BCUT2D eigenvalue weighted by molar-refractivity contribution is 7.81. The van der Waals surface area contributed by atoms with E-state index < -0.39 is 17.7 Å². The number of alkyl halides is 3. The Kier molecular flexibility index (Phi) is 3.11. The van der Waals surface area contributed by atoms with Crippen LogP contribution >= 0.6 is 12.6 Å². The number of nitrogens with zero attached hydrogens (tertiary/aromatic N) is 1. The lowest BCUT2D eigenvalue weighted by molar-refractivity contribution is -0.137. The number of benzene rings is 1. The molecule has 2 unspecified atom stereocenters. The molecule has 2 amide bonds. The molecule has 7 heteroatoms. The molecule has 1 saturated heterocycles. The molecule has 3 fully saturated rings. The van der Waals surface area contributed by atoms with Crippen LogP contribution in [0.2, 0.25) is 0 Å². The second-order valence-electron chi connectivity index (χ2n) is 6.57. The normalized spacial score (nSPS) is 36.0. The number of anilines is 1. The van der Waals surface area contributed by atoms with Gasteiger partial charge in [-0.2, -0.15) is 25.8 Å². The van der Waals surface area contributed by atoms with Gasteiger partial charge in [-0.1, -0.05) is 6.07 Å². The Bertz CT molecular complexity index is 705. The summed E-state index contributed by atoms with van der Waals surface area (Å²) in [5, 5.41) is 0.0967. The number of carbonyl (C=O) groups excluding carboxylic acids is 2. The molecule has 1 aromatic carbocycles. The molecule has 4 rings (SSSR count). The van der Waals surface area contributed by atoms with Crippen molar-refractivity contribution in [3.05, 3.63) is 29.8 Å². The Balaban J connectivity index is 1.72. The van der Waals surface area contributed by atoms with Gasteiger partial charge < -0.3 is 0 Å². The van der Waals surface area contributed by atoms with Gasteiger partial charge in [-0.15, -0.1) is 0 Å². The minimum Gasteiger partial charge on any atom is -0.274 e. The first kappa shape index (κ1) is 15.1. The SMILES string of the molecule is O=C1[C@@H]2C3CC(C[C@@H]3S)[C@@H]2C(=O)N1c1cccc(C(F)(F)F)c1. The van der Waals surface area contributed by atoms with Gasteiger partial charge in [-0.3, -0.25) is 14.5 Å². The standard InChI is InChI=1S/C16H14F3NO2S/c17-16(18,19)8-2-1-3-9(6-8)20-14(21)12-7-4-10(11(23)5-7)13(12)15(20)22/h1-3,6-7,10-13,23H,4-5H2/t7?,10?,11-,12-,13+/m0/s1. The zero-order valence-electron chi connectivity index (χ0n) is 12.0. The van der Waals surface area contributed by atoms with Crippen LogP contribution < -0.4 is 4.90 Å². The zero-order valence-corrected chi connectivity index (χ0v) is 12.8. The third kappa shape index (κ3) is 2.05. The Labute approximate surface area is 136 Å². The second-order valence-corrected chi connectivity index (χ2v) is 7.24. The Morgan fingerprint density at radius 2 is 1.78 bits per heavy atom. The second kappa shape index (κ2) is 4.75. The van der Waals surface area contributed by atoms with Crippen LogP contribution in [0.5, 0.6) is 0 Å². The van der Waals surface area contributed by atoms with Gasteiger partial charge in [0.05, 0.1) is 23.1 Å². The molecule has 0 N–H and O–H groups in total. The molecule has 0 radical (unpaired) electrons. The highest BCUT2D eigenvalue weighted by Gasteiger charge is 2.63. The number of carbonyl (C=O) groups is 2. The van der Waals surface area contributed by atoms with Gasteiger partial charge in [0, 0.05) is 5.25 Å². The van der Waals surface area contributed by atoms with E-state index in [1.807, 2.05) is 0 Å². The van der Waals surface area contributed by atoms with Crippen molar-refractivity contribution in [2.75, 3.05) is 4.90 Å². The van der Waals surface area contributed by atoms with Crippen molar-refractivity contribution in [2.45, 2.75) is 24.3 Å². The maximum absolute atomic E-state index is 12.9. The molecular formula is C16H14F3NO2S. The van der Waals surface area contributed by atoms with Crippen LogP contribution in [-0.4, -0.2) is 17.1 Å². The minimum atomic E-state index is -4.51. The van der Waals surface area contributed by atoms with Crippen LogP contribution in [0.4, 0.5) is 18.9 Å². The fourth-order valence-corrected chi connectivity index (χ4v) is 5.08. The van der Waals surface area contributed by atoms with E-state index in [4.69, 9.17) is 0 Å². The topological polar surface area (TPSA) is 37.4 Å². The summed E-state index contributed by atoms with van der Waals surface area (Å²) in [4.78, 5) is 26.3. The molecule has 0 spiro atoms. The van der Waals surface area contributed by atoms with E-state index in [0.717, 1.165) is 29.9 Å². The molecule has 3 aliphatic rings. The van der Waals surface area contributed by atoms with Crippen LogP contribution in [0, 0.1) is 23.7 Å². The fraction of sp³-hybridized carbons (Fsp3) is 0.500. The average molecular weight is 341 g/mol. The molecular weight excluding hydrogens is 327 g/mol. The van der Waals surface area contributed by atoms with Gasteiger partial charge >= 0.3 is 6.18 Å². The average Bonchev–Trinajstić information content (AvgIpc) is 3.10. The van der Waals surface area contributed by atoms with E-state index in [1.165, 1.54) is 12.1 Å². The predicted octanol–water partition coefficient (Wildman–Crippen LogP) is 3.15. The first-order chi connectivity index (χ1) is 10.8. The summed E-state index contributed by atoms with van der Waals surface area (Å²) in [7, 11) is 0. The van der Waals surface area contributed by atoms with Crippen LogP contribution in [0.3, 0.4) is 0 Å². The monoisotopic (exact) mass is 341 g/mol. The molecule has 1 aliphatic heterocycles. The lowest BCUT2D eigenvalue weighted by Crippen LogP contribution is -2.33. The molecule has 2 bridgehead atoms. The lowest BCUT2D eigenvalue weighted by atomic mass is 9.81. The summed E-state index contributed by atoms with van der Waals surface area (Å²) in [6.45, 7) is 0. The van der Waals surface area contributed by atoms with Crippen molar-refractivity contribution in [2.24, 2.45) is 23.7 Å². The highest BCUT2D eigenvalue weighted by Crippen LogP contribution is 2.58. The van der Waals surface area contributed by atoms with Crippen molar-refractivity contribution in [1.82, 2.24) is 0 Å². The van der Waals surface area contributed by atoms with Crippen LogP contribution in [0.15, 0.2) is 24.3 Å². The Morgan fingerprint density at radius 1 is 1.09 bits per heavy atom. The number of amides is 2. The van der Waals surface area contributed by atoms with E-state index >= 15 is 0 Å². The third-order valence-electron chi connectivity index (χ3n) is 5.41. The van der Waals surface area contributed by atoms with Gasteiger partial charge in [0.15, 0.2) is 0 Å². The molecule has 122 valence electrons. The number of halogens is 3. The van der Waals surface area contributed by atoms with Crippen molar-refractivity contribution in [3.8, 4) is 0 Å².